The van der Waals surface area contributed by atoms with Crippen LogP contribution in [0.2, 0.25) is 5.02 Å². The van der Waals surface area contributed by atoms with Crippen molar-refractivity contribution in [3.63, 3.8) is 0 Å². The lowest BCUT2D eigenvalue weighted by Gasteiger charge is -2.24. The van der Waals surface area contributed by atoms with E-state index in [1.807, 2.05) is 6.07 Å². The molecule has 3 atom stereocenters. The van der Waals surface area contributed by atoms with Crippen molar-refractivity contribution in [2.45, 2.75) is 61.1 Å². The van der Waals surface area contributed by atoms with Gasteiger partial charge in [-0.3, -0.25) is 14.3 Å². The maximum Gasteiger partial charge on any atom is 0.267 e. The summed E-state index contributed by atoms with van der Waals surface area (Å²) in [6, 6.07) is 8.31. The molecule has 0 radical (unpaired) electrons. The van der Waals surface area contributed by atoms with Crippen LogP contribution in [-0.2, 0) is 26.5 Å². The Labute approximate surface area is 231 Å². The van der Waals surface area contributed by atoms with Crippen LogP contribution in [0.15, 0.2) is 35.4 Å². The number of alkyl halides is 2. The van der Waals surface area contributed by atoms with Crippen LogP contribution in [0.4, 0.5) is 8.78 Å². The lowest BCUT2D eigenvalue weighted by molar-refractivity contribution is -0.141. The third-order valence-electron chi connectivity index (χ3n) is 7.78. The number of aromatic nitrogens is 2. The molecule has 0 unspecified atom stereocenters. The minimum Gasteiger partial charge on any atom is -0.338 e. The number of carbonyl (C=O) groups excluding carboxylic acids is 2. The average Bonchev–Trinajstić information content (AvgIpc) is 3.18. The summed E-state index contributed by atoms with van der Waals surface area (Å²) >= 11 is 6.43. The van der Waals surface area contributed by atoms with Crippen LogP contribution in [0.5, 0.6) is 0 Å². The molecule has 2 aliphatic carbocycles. The second-order valence-corrected chi connectivity index (χ2v) is 13.0. The van der Waals surface area contributed by atoms with Gasteiger partial charge in [-0.1, -0.05) is 25.1 Å². The number of carbonyl (C=O) groups is 2. The molecule has 3 aliphatic rings. The molecular weight excluding hydrogens is 552 g/mol. The number of benzene rings is 1. The van der Waals surface area contributed by atoms with E-state index in [2.05, 4.69) is 10.4 Å². The van der Waals surface area contributed by atoms with Gasteiger partial charge in [0.1, 0.15) is 5.54 Å². The average molecular weight is 582 g/mol. The fourth-order valence-electron chi connectivity index (χ4n) is 5.41. The maximum atomic E-state index is 13.8. The summed E-state index contributed by atoms with van der Waals surface area (Å²) in [5.41, 5.74) is 0.368. The van der Waals surface area contributed by atoms with Gasteiger partial charge < -0.3 is 10.2 Å². The molecule has 2 saturated carbocycles. The molecule has 0 bridgehead atoms. The van der Waals surface area contributed by atoms with Gasteiger partial charge >= 0.3 is 0 Å². The summed E-state index contributed by atoms with van der Waals surface area (Å²) in [5.74, 6) is -6.48. The molecule has 1 saturated heterocycles. The van der Waals surface area contributed by atoms with Crippen molar-refractivity contribution in [1.82, 2.24) is 20.0 Å². The van der Waals surface area contributed by atoms with Crippen molar-refractivity contribution in [1.29, 1.82) is 5.26 Å². The van der Waals surface area contributed by atoms with Crippen molar-refractivity contribution < 1.29 is 26.8 Å². The van der Waals surface area contributed by atoms with E-state index in [1.165, 1.54) is 12.1 Å². The summed E-state index contributed by atoms with van der Waals surface area (Å²) in [4.78, 5) is 27.4. The monoisotopic (exact) mass is 581 g/mol. The lowest BCUT2D eigenvalue weighted by atomic mass is 9.93. The molecule has 1 aromatic heterocycles. The van der Waals surface area contributed by atoms with Gasteiger partial charge in [0.15, 0.2) is 9.84 Å². The highest BCUT2D eigenvalue weighted by molar-refractivity contribution is 7.92. The lowest BCUT2D eigenvalue weighted by Crippen LogP contribution is -2.45. The minimum absolute atomic E-state index is 0. The first-order valence-corrected chi connectivity index (χ1v) is 14.2. The summed E-state index contributed by atoms with van der Waals surface area (Å²) < 4.78 is 56.7. The van der Waals surface area contributed by atoms with Crippen molar-refractivity contribution in [2.75, 3.05) is 13.1 Å². The fourth-order valence-corrected chi connectivity index (χ4v) is 7.78. The van der Waals surface area contributed by atoms with E-state index >= 15 is 0 Å². The van der Waals surface area contributed by atoms with Gasteiger partial charge in [0.2, 0.25) is 11.8 Å². The molecule has 1 aromatic carbocycles. The SMILES string of the molecule is C.Cn1nccc1-c1ccc(S(=O)(=O)[C@@H]2C[C@@H](C(=O)NC3(C#N)CC3)[C@H](C(=O)N3CCC(F)(F)C3)C2)c(Cl)c1. The van der Waals surface area contributed by atoms with Gasteiger partial charge in [-0.05, 0) is 43.9 Å². The van der Waals surface area contributed by atoms with Crippen LogP contribution in [0, 0.1) is 23.2 Å². The number of hydrogen-bond donors (Lipinski definition) is 1. The van der Waals surface area contributed by atoms with Crippen molar-refractivity contribution in [3.05, 3.63) is 35.5 Å². The van der Waals surface area contributed by atoms with E-state index in [4.69, 9.17) is 11.6 Å². The molecule has 9 nitrogen and oxygen atoms in total. The first-order valence-electron chi connectivity index (χ1n) is 12.3. The molecule has 1 aliphatic heterocycles. The van der Waals surface area contributed by atoms with E-state index < -0.39 is 63.2 Å². The Kier molecular flexibility index (Phi) is 7.55. The zero-order valence-corrected chi connectivity index (χ0v) is 22.1. The van der Waals surface area contributed by atoms with E-state index in [9.17, 15) is 32.0 Å². The Balaban J connectivity index is 0.00000353. The Morgan fingerprint density at radius 1 is 1.18 bits per heavy atom. The number of halogens is 3. The number of likely N-dealkylation sites (tertiary alicyclic amines) is 1. The Bertz CT molecular complexity index is 1450. The van der Waals surface area contributed by atoms with Gasteiger partial charge in [-0.2, -0.15) is 10.4 Å². The molecule has 13 heteroatoms. The van der Waals surface area contributed by atoms with Gasteiger partial charge in [0, 0.05) is 31.8 Å². The normalized spacial score (nSPS) is 25.0. The third-order valence-corrected chi connectivity index (χ3v) is 10.4. The van der Waals surface area contributed by atoms with Crippen LogP contribution < -0.4 is 5.32 Å². The highest BCUT2D eigenvalue weighted by Gasteiger charge is 2.53. The quantitative estimate of drug-likeness (QED) is 0.556. The van der Waals surface area contributed by atoms with Crippen molar-refractivity contribution >= 4 is 33.3 Å². The molecule has 2 heterocycles. The van der Waals surface area contributed by atoms with E-state index in [-0.39, 0.29) is 36.7 Å². The molecule has 0 spiro atoms. The molecule has 2 aromatic rings. The molecular formula is C26H30ClF2N5O4S. The first kappa shape index (κ1) is 29.0. The number of nitriles is 1. The Morgan fingerprint density at radius 3 is 2.41 bits per heavy atom. The number of nitrogens with one attached hydrogen (secondary N) is 1. The highest BCUT2D eigenvalue weighted by Crippen LogP contribution is 2.43. The van der Waals surface area contributed by atoms with Crippen molar-refractivity contribution in [3.8, 4) is 17.3 Å². The van der Waals surface area contributed by atoms with Crippen LogP contribution >= 0.6 is 11.6 Å². The predicted molar refractivity (Wildman–Crippen MR) is 139 cm³/mol. The van der Waals surface area contributed by atoms with Crippen LogP contribution in [0.25, 0.3) is 11.3 Å². The number of aryl methyl sites for hydroxylation is 1. The van der Waals surface area contributed by atoms with Gasteiger partial charge in [-0.15, -0.1) is 0 Å². The number of amides is 2. The highest BCUT2D eigenvalue weighted by atomic mass is 35.5. The molecule has 5 rings (SSSR count). The van der Waals surface area contributed by atoms with Gasteiger partial charge in [-0.25, -0.2) is 17.2 Å². The smallest absolute Gasteiger partial charge is 0.267 e. The van der Waals surface area contributed by atoms with Crippen molar-refractivity contribution in [2.24, 2.45) is 18.9 Å². The number of hydrogen-bond acceptors (Lipinski definition) is 6. The minimum atomic E-state index is -4.10. The molecule has 210 valence electrons. The Morgan fingerprint density at radius 2 is 1.87 bits per heavy atom. The summed E-state index contributed by atoms with van der Waals surface area (Å²) in [6.45, 7) is -0.935. The van der Waals surface area contributed by atoms with Crippen LogP contribution in [0.3, 0.4) is 0 Å². The largest absolute Gasteiger partial charge is 0.338 e. The number of rotatable bonds is 6. The van der Waals surface area contributed by atoms with E-state index in [0.29, 0.717) is 18.4 Å². The standard InChI is InChI=1S/C25H26ClF2N5O4S.CH4/c1-32-20(4-8-30-32)15-2-3-21(19(26)10-15)38(36,37)16-11-17(22(34)31-24(13-29)5-6-24)18(12-16)23(35)33-9-7-25(27,28)14-33;/h2-4,8,10,16-18H,5-7,9,11-12,14H2,1H3,(H,31,34);1H4/t16-,17-,18-;/m1./s1. The predicted octanol–water partition coefficient (Wildman–Crippen LogP) is 3.59. The molecule has 1 N–H and O–H groups in total. The van der Waals surface area contributed by atoms with E-state index in [1.54, 1.807) is 30.1 Å². The third kappa shape index (κ3) is 5.39. The first-order chi connectivity index (χ1) is 17.9. The van der Waals surface area contributed by atoms with Crippen LogP contribution in [0.1, 0.15) is 39.5 Å². The zero-order chi connectivity index (χ0) is 27.5. The summed E-state index contributed by atoms with van der Waals surface area (Å²) in [6.07, 6.45) is 1.64. The maximum absolute atomic E-state index is 13.8. The number of nitrogens with zero attached hydrogens (tertiary/aromatic N) is 4. The second-order valence-electron chi connectivity index (χ2n) is 10.4. The number of sulfone groups is 1. The Hall–Kier alpha value is -3.04. The zero-order valence-electron chi connectivity index (χ0n) is 20.5. The summed E-state index contributed by atoms with van der Waals surface area (Å²) in [5, 5.41) is 15.0. The fraction of sp³-hybridized carbons (Fsp3) is 0.538. The molecule has 39 heavy (non-hydrogen) atoms. The van der Waals surface area contributed by atoms with Gasteiger partial charge in [0.05, 0.1) is 45.3 Å². The molecule has 3 fully saturated rings. The van der Waals surface area contributed by atoms with Crippen LogP contribution in [-0.4, -0.2) is 64.7 Å². The molecule has 2 amide bonds. The second kappa shape index (κ2) is 10.2. The topological polar surface area (TPSA) is 125 Å². The van der Waals surface area contributed by atoms with E-state index in [0.717, 1.165) is 10.6 Å². The summed E-state index contributed by atoms with van der Waals surface area (Å²) in [7, 11) is -2.36. The van der Waals surface area contributed by atoms with Gasteiger partial charge in [0.25, 0.3) is 5.92 Å².